The van der Waals surface area contributed by atoms with Crippen molar-refractivity contribution in [2.24, 2.45) is 0 Å². The Labute approximate surface area is 214 Å². The highest BCUT2D eigenvalue weighted by Crippen LogP contribution is 2.36. The fourth-order valence-corrected chi connectivity index (χ4v) is 5.88. The number of carbonyl (C=O) groups is 1. The zero-order chi connectivity index (χ0) is 26.0. The van der Waals surface area contributed by atoms with E-state index < -0.39 is 15.9 Å². The van der Waals surface area contributed by atoms with Gasteiger partial charge in [-0.2, -0.15) is 0 Å². The molecule has 192 valence electrons. The van der Waals surface area contributed by atoms with Crippen molar-refractivity contribution < 1.29 is 27.9 Å². The lowest BCUT2D eigenvalue weighted by Gasteiger charge is -2.28. The Hall–Kier alpha value is -3.99. The Kier molecular flexibility index (Phi) is 6.79. The molecule has 3 N–H and O–H groups in total. The Balaban J connectivity index is 1.53. The van der Waals surface area contributed by atoms with Crippen molar-refractivity contribution in [1.29, 1.82) is 0 Å². The highest BCUT2D eigenvalue weighted by atomic mass is 32.2. The molecule has 14 nitrogen and oxygen atoms in total. The summed E-state index contributed by atoms with van der Waals surface area (Å²) in [6.07, 6.45) is 3.75. The van der Waals surface area contributed by atoms with Gasteiger partial charge < -0.3 is 14.4 Å². The van der Waals surface area contributed by atoms with E-state index >= 15 is 0 Å². The maximum atomic E-state index is 13.2. The Morgan fingerprint density at radius 2 is 1.89 bits per heavy atom. The molecule has 5 rings (SSSR count). The topological polar surface area (TPSA) is 182 Å². The van der Waals surface area contributed by atoms with Crippen LogP contribution in [0.15, 0.2) is 41.0 Å². The average molecular weight is 545 g/mol. The lowest BCUT2D eigenvalue weighted by atomic mass is 10.2. The van der Waals surface area contributed by atoms with Gasteiger partial charge in [-0.05, 0) is 12.1 Å². The summed E-state index contributed by atoms with van der Waals surface area (Å²) in [6, 6.07) is 4.93. The number of anilines is 2. The number of amides is 1. The van der Waals surface area contributed by atoms with E-state index in [0.717, 1.165) is 23.7 Å². The van der Waals surface area contributed by atoms with Crippen molar-refractivity contribution in [2.45, 2.75) is 4.21 Å². The fraction of sp³-hybridized carbons (Fsp3) is 0.238. The number of methoxy groups -OCH3 is 1. The molecule has 0 bridgehead atoms. The van der Waals surface area contributed by atoms with E-state index in [4.69, 9.17) is 19.7 Å². The third-order valence-electron chi connectivity index (χ3n) is 5.35. The molecule has 5 heterocycles. The number of thiophene rings is 1. The molecule has 1 aliphatic heterocycles. The number of carbonyl (C=O) groups excluding carboxylic acids is 1. The molecule has 1 fully saturated rings. The van der Waals surface area contributed by atoms with E-state index in [2.05, 4.69) is 24.7 Å². The standard InChI is InChI=1S/C21H20N8O6S2/c1-34-15-3-2-12(9-22-15)18-25-14-8-16(36-17(14)19(26-18)29-4-6-35-7-5-29)37(32,33)28-21-23-10-13(11-24-21)20(30)27-31/h2-3,8-11,31H,4-7H2,1H3,(H,27,30)(H,23,24,28). The van der Waals surface area contributed by atoms with E-state index in [0.29, 0.717) is 59.6 Å². The zero-order valence-electron chi connectivity index (χ0n) is 19.3. The molecule has 4 aromatic rings. The molecule has 0 spiro atoms. The van der Waals surface area contributed by atoms with Crippen LogP contribution in [0.1, 0.15) is 10.4 Å². The van der Waals surface area contributed by atoms with Crippen LogP contribution < -0.4 is 19.8 Å². The molecule has 0 saturated carbocycles. The van der Waals surface area contributed by atoms with Crippen LogP contribution in [0.4, 0.5) is 11.8 Å². The van der Waals surface area contributed by atoms with E-state index in [1.807, 2.05) is 4.90 Å². The van der Waals surface area contributed by atoms with Gasteiger partial charge >= 0.3 is 0 Å². The number of pyridine rings is 1. The monoisotopic (exact) mass is 544 g/mol. The molecule has 0 radical (unpaired) electrons. The molecule has 0 aliphatic carbocycles. The predicted octanol–water partition coefficient (Wildman–Crippen LogP) is 1.31. The largest absolute Gasteiger partial charge is 0.481 e. The maximum Gasteiger partial charge on any atom is 0.277 e. The summed E-state index contributed by atoms with van der Waals surface area (Å²) in [4.78, 5) is 34.7. The summed E-state index contributed by atoms with van der Waals surface area (Å²) in [7, 11) is -2.57. The lowest BCUT2D eigenvalue weighted by molar-refractivity contribution is 0.0705. The average Bonchev–Trinajstić information content (AvgIpc) is 3.38. The highest BCUT2D eigenvalue weighted by molar-refractivity contribution is 7.94. The molecule has 1 saturated heterocycles. The summed E-state index contributed by atoms with van der Waals surface area (Å²) >= 11 is 1.02. The first kappa shape index (κ1) is 24.7. The van der Waals surface area contributed by atoms with Gasteiger partial charge in [-0.1, -0.05) is 0 Å². The van der Waals surface area contributed by atoms with Crippen molar-refractivity contribution in [3.63, 3.8) is 0 Å². The molecule has 0 atom stereocenters. The third-order valence-corrected chi connectivity index (χ3v) is 8.27. The van der Waals surface area contributed by atoms with Gasteiger partial charge in [-0.25, -0.2) is 43.5 Å². The number of nitrogens with zero attached hydrogens (tertiary/aromatic N) is 6. The number of sulfonamides is 1. The number of ether oxygens (including phenoxy) is 2. The Morgan fingerprint density at radius 1 is 1.14 bits per heavy atom. The molecule has 16 heteroatoms. The Bertz CT molecular complexity index is 1540. The molecule has 1 amide bonds. The zero-order valence-corrected chi connectivity index (χ0v) is 20.9. The fourth-order valence-electron chi connectivity index (χ4n) is 3.51. The van der Waals surface area contributed by atoms with Crippen LogP contribution in [0.5, 0.6) is 5.88 Å². The molecule has 0 unspecified atom stereocenters. The van der Waals surface area contributed by atoms with Crippen LogP contribution >= 0.6 is 11.3 Å². The smallest absolute Gasteiger partial charge is 0.277 e. The molecular formula is C21H20N8O6S2. The summed E-state index contributed by atoms with van der Waals surface area (Å²) < 4.78 is 39.8. The van der Waals surface area contributed by atoms with Crippen LogP contribution in [-0.4, -0.2) is 77.9 Å². The molecule has 37 heavy (non-hydrogen) atoms. The molecule has 1 aliphatic rings. The SMILES string of the molecule is COc1ccc(-c2nc(N3CCOCC3)c3sc(S(=O)(=O)Nc4ncc(C(=O)NO)cn4)cc3n2)cn1. The number of morpholine rings is 1. The quantitative estimate of drug-likeness (QED) is 0.224. The van der Waals surface area contributed by atoms with E-state index in [1.54, 1.807) is 18.3 Å². The van der Waals surface area contributed by atoms with Gasteiger partial charge in [0, 0.05) is 43.3 Å². The summed E-state index contributed by atoms with van der Waals surface area (Å²) in [5.41, 5.74) is 2.50. The number of rotatable bonds is 7. The summed E-state index contributed by atoms with van der Waals surface area (Å²) in [6.45, 7) is 2.22. The third kappa shape index (κ3) is 5.12. The first-order valence-corrected chi connectivity index (χ1v) is 13.1. The van der Waals surface area contributed by atoms with E-state index in [9.17, 15) is 13.2 Å². The second kappa shape index (κ2) is 10.2. The highest BCUT2D eigenvalue weighted by Gasteiger charge is 2.25. The maximum absolute atomic E-state index is 13.2. The number of aromatic nitrogens is 5. The minimum absolute atomic E-state index is 0.0166. The van der Waals surface area contributed by atoms with E-state index in [-0.39, 0.29) is 15.7 Å². The van der Waals surface area contributed by atoms with Gasteiger partial charge in [0.1, 0.15) is 4.21 Å². The van der Waals surface area contributed by atoms with E-state index in [1.165, 1.54) is 18.7 Å². The Morgan fingerprint density at radius 3 is 2.54 bits per heavy atom. The van der Waals surface area contributed by atoms with Crippen molar-refractivity contribution >= 4 is 49.3 Å². The van der Waals surface area contributed by atoms with Crippen molar-refractivity contribution in [1.82, 2.24) is 30.4 Å². The van der Waals surface area contributed by atoms with Gasteiger partial charge in [0.25, 0.3) is 15.9 Å². The van der Waals surface area contributed by atoms with Gasteiger partial charge in [0.15, 0.2) is 11.6 Å². The second-order valence-corrected chi connectivity index (χ2v) is 10.6. The lowest BCUT2D eigenvalue weighted by Crippen LogP contribution is -2.36. The van der Waals surface area contributed by atoms with Crippen LogP contribution in [-0.2, 0) is 14.8 Å². The van der Waals surface area contributed by atoms with Gasteiger partial charge in [0.2, 0.25) is 11.8 Å². The van der Waals surface area contributed by atoms with Crippen LogP contribution in [0.25, 0.3) is 21.6 Å². The predicted molar refractivity (Wildman–Crippen MR) is 132 cm³/mol. The number of hydrogen-bond donors (Lipinski definition) is 3. The van der Waals surface area contributed by atoms with Crippen LogP contribution in [0.2, 0.25) is 0 Å². The van der Waals surface area contributed by atoms with Gasteiger partial charge in [-0.3, -0.25) is 10.0 Å². The summed E-state index contributed by atoms with van der Waals surface area (Å²) in [5, 5.41) is 8.70. The number of fused-ring (bicyclic) bond motifs is 1. The van der Waals surface area contributed by atoms with Crippen molar-refractivity contribution in [2.75, 3.05) is 43.0 Å². The van der Waals surface area contributed by atoms with Crippen LogP contribution in [0.3, 0.4) is 0 Å². The van der Waals surface area contributed by atoms with Crippen LogP contribution in [0, 0.1) is 0 Å². The van der Waals surface area contributed by atoms with Gasteiger partial charge in [0.05, 0.1) is 36.1 Å². The first-order valence-electron chi connectivity index (χ1n) is 10.8. The number of nitrogens with one attached hydrogen (secondary N) is 2. The molecular weight excluding hydrogens is 524 g/mol. The van der Waals surface area contributed by atoms with Crippen molar-refractivity contribution in [3.8, 4) is 17.3 Å². The summed E-state index contributed by atoms with van der Waals surface area (Å²) in [5.74, 6) is 0.369. The normalized spacial score (nSPS) is 13.9. The first-order chi connectivity index (χ1) is 17.9. The second-order valence-electron chi connectivity index (χ2n) is 7.68. The number of hydroxylamine groups is 1. The van der Waals surface area contributed by atoms with Crippen molar-refractivity contribution in [3.05, 3.63) is 42.4 Å². The number of hydrogen-bond acceptors (Lipinski definition) is 13. The van der Waals surface area contributed by atoms with Gasteiger partial charge in [-0.15, -0.1) is 11.3 Å². The molecule has 0 aromatic carbocycles. The molecule has 4 aromatic heterocycles. The minimum Gasteiger partial charge on any atom is -0.481 e. The minimum atomic E-state index is -4.09.